The number of ether oxygens (including phenoxy) is 3. The number of hydrogen-bond donors (Lipinski definition) is 6. The third-order valence-corrected chi connectivity index (χ3v) is 14.7. The fourth-order valence-corrected chi connectivity index (χ4v) is 9.56. The normalized spacial score (nSPS) is 14.3. The molecule has 0 bridgehead atoms. The molecule has 2 aliphatic rings. The zero-order chi connectivity index (χ0) is 65.9. The van der Waals surface area contributed by atoms with Crippen molar-refractivity contribution in [3.8, 4) is 17.2 Å². The Bertz CT molecular complexity index is 3050. The van der Waals surface area contributed by atoms with E-state index in [1.807, 2.05) is 0 Å². The van der Waals surface area contributed by atoms with E-state index in [4.69, 9.17) is 36.9 Å². The zero-order valence-electron chi connectivity index (χ0n) is 49.6. The molecule has 6 rings (SSSR count). The van der Waals surface area contributed by atoms with Crippen molar-refractivity contribution in [2.45, 2.75) is 148 Å². The maximum atomic E-state index is 14.1. The molecular formula is C61H75F10N9O9. The summed E-state index contributed by atoms with van der Waals surface area (Å²) in [5, 5.41) is 11.3. The van der Waals surface area contributed by atoms with Gasteiger partial charge in [-0.2, -0.15) is 13.2 Å². The van der Waals surface area contributed by atoms with Crippen molar-refractivity contribution >= 4 is 40.8 Å². The topological polar surface area (TPSA) is 293 Å². The minimum Gasteiger partial charge on any atom is -0.480 e. The maximum absolute atomic E-state index is 14.1. The van der Waals surface area contributed by atoms with Crippen LogP contribution in [-0.4, -0.2) is 98.8 Å². The highest BCUT2D eigenvalue weighted by Crippen LogP contribution is 2.31. The third-order valence-electron chi connectivity index (χ3n) is 14.7. The van der Waals surface area contributed by atoms with Crippen molar-refractivity contribution in [1.29, 1.82) is 0 Å². The molecule has 4 aromatic carbocycles. The minimum atomic E-state index is -1.54. The summed E-state index contributed by atoms with van der Waals surface area (Å²) in [5.41, 5.74) is 24.6. The van der Waals surface area contributed by atoms with Crippen molar-refractivity contribution in [2.75, 3.05) is 39.5 Å². The number of nitrogens with zero attached hydrogens (tertiary/aromatic N) is 3. The first-order valence-electron chi connectivity index (χ1n) is 29.1. The highest BCUT2D eigenvalue weighted by Gasteiger charge is 2.32. The van der Waals surface area contributed by atoms with Crippen LogP contribution in [0, 0.1) is 85.0 Å². The molecule has 4 atom stereocenters. The number of ketones is 3. The van der Waals surface area contributed by atoms with E-state index >= 15 is 0 Å². The second-order valence-electron chi connectivity index (χ2n) is 21.5. The number of Topliss-reactive ketones (excluding diaryl/α,β-unsaturated/α-hetero) is 3. The van der Waals surface area contributed by atoms with Gasteiger partial charge in [0.2, 0.25) is 29.3 Å². The van der Waals surface area contributed by atoms with Gasteiger partial charge < -0.3 is 47.4 Å². The van der Waals surface area contributed by atoms with Gasteiger partial charge in [-0.3, -0.25) is 28.8 Å². The average Bonchev–Trinajstić information content (AvgIpc) is 2.21. The van der Waals surface area contributed by atoms with Crippen LogP contribution in [0.25, 0.3) is 10.4 Å². The second-order valence-corrected chi connectivity index (χ2v) is 21.5. The number of aryl methyl sites for hydroxylation is 3. The Hall–Kier alpha value is -7.81. The lowest BCUT2D eigenvalue weighted by Crippen LogP contribution is -2.45. The molecule has 2 fully saturated rings. The van der Waals surface area contributed by atoms with Crippen LogP contribution in [0.1, 0.15) is 130 Å². The molecule has 3 amide bonds. The van der Waals surface area contributed by atoms with Crippen molar-refractivity contribution < 1.29 is 86.9 Å². The molecule has 2 saturated carbocycles. The maximum Gasteiger partial charge on any atom is 0.251 e. The molecule has 0 spiro atoms. The summed E-state index contributed by atoms with van der Waals surface area (Å²) in [4.78, 5) is 77.7. The van der Waals surface area contributed by atoms with Crippen LogP contribution in [-0.2, 0) is 24.0 Å². The predicted octanol–water partition coefficient (Wildman–Crippen LogP) is 10.5. The number of rotatable bonds is 31. The summed E-state index contributed by atoms with van der Waals surface area (Å²) in [6.07, 6.45) is 8.22. The smallest absolute Gasteiger partial charge is 0.251 e. The van der Waals surface area contributed by atoms with Crippen molar-refractivity contribution in [3.63, 3.8) is 0 Å². The largest absolute Gasteiger partial charge is 0.480 e. The van der Waals surface area contributed by atoms with E-state index in [-0.39, 0.29) is 77.4 Å². The Morgan fingerprint density at radius 3 is 1.27 bits per heavy atom. The molecule has 0 heterocycles. The standard InChI is InChI=1S/C21H22F3N5O3.C20H26F4N2O3.C20H27F3N2O3/c1-12-9-15(22)19(24)20(18(12)23)32-11-17(30)16(7-2-3-8-25)27-21(31)13-5-4-6-14(10-13)28-29-26;1-11-8-14(22)18(24)19(17(11)23)29-10-16(27)15(7-6-13(21)9-25)26-20(28)12-4-2-3-5-12;1-12-10-14(21)18(23)19(17(12)22)28-11-16(26)15(8-4-5-9-24)25-20(27)13-6-2-3-7-13/h4-6,9-10,16H,2-3,7-8,11,25H2,1H3,(H,27,31);8,12-13,15H,2-7,9-10,25H2,1H3,(H,26,28);10,13,15H,2-9,11,24H2,1H3,(H,25,27)/t16-;13?,15-;15-/m000/s1. The third kappa shape index (κ3) is 22.6. The van der Waals surface area contributed by atoms with E-state index in [9.17, 15) is 72.7 Å². The first-order chi connectivity index (χ1) is 42.4. The van der Waals surface area contributed by atoms with E-state index < -0.39 is 137 Å². The number of halogens is 10. The fourth-order valence-electron chi connectivity index (χ4n) is 9.56. The lowest BCUT2D eigenvalue weighted by Gasteiger charge is -2.21. The number of unbranched alkanes of at least 4 members (excludes halogenated alkanes) is 2. The Morgan fingerprint density at radius 2 is 0.910 bits per heavy atom. The number of azide groups is 1. The minimum absolute atomic E-state index is 0.0356. The van der Waals surface area contributed by atoms with Crippen LogP contribution in [0.5, 0.6) is 17.2 Å². The SMILES string of the molecule is Cc1cc(F)c(F)c(OCC(=O)[C@H](CCC(F)CN)NC(=O)C2CCCC2)c1F.Cc1cc(F)c(F)c(OCC(=O)[C@H](CCCCN)NC(=O)C2CCCC2)c1F.Cc1cc(F)c(F)c(OCC(=O)[C@H](CCCCN)NC(=O)c2cccc(N=[N+]=[N-])c2)c1F. The van der Waals surface area contributed by atoms with Crippen molar-refractivity contribution in [3.05, 3.63) is 128 Å². The van der Waals surface area contributed by atoms with E-state index in [1.54, 1.807) is 0 Å². The summed E-state index contributed by atoms with van der Waals surface area (Å²) in [6, 6.07) is 4.92. The van der Waals surface area contributed by atoms with E-state index in [0.29, 0.717) is 70.2 Å². The summed E-state index contributed by atoms with van der Waals surface area (Å²) < 4.78 is 153. The number of alkyl halides is 1. The number of benzene rings is 4. The number of nitrogens with one attached hydrogen (secondary N) is 3. The number of hydrogen-bond acceptors (Lipinski definition) is 13. The van der Waals surface area contributed by atoms with Gasteiger partial charge in [0.15, 0.2) is 69.5 Å². The fraction of sp³-hybridized carbons (Fsp3) is 0.508. The van der Waals surface area contributed by atoms with Crippen molar-refractivity contribution in [2.24, 2.45) is 34.2 Å². The van der Waals surface area contributed by atoms with Gasteiger partial charge in [0.25, 0.3) is 5.91 Å². The van der Waals surface area contributed by atoms with E-state index in [0.717, 1.165) is 44.6 Å². The monoisotopic (exact) mass is 1270 g/mol. The predicted molar refractivity (Wildman–Crippen MR) is 308 cm³/mol. The molecule has 488 valence electrons. The molecule has 0 saturated heterocycles. The Balaban J connectivity index is 0.000000286. The average molecular weight is 1270 g/mol. The van der Waals surface area contributed by atoms with Crippen LogP contribution in [0.15, 0.2) is 47.6 Å². The lowest BCUT2D eigenvalue weighted by atomic mass is 10.0. The van der Waals surface area contributed by atoms with Gasteiger partial charge in [0.05, 0.1) is 18.1 Å². The van der Waals surface area contributed by atoms with Gasteiger partial charge in [-0.15, -0.1) is 0 Å². The molecule has 0 aliphatic heterocycles. The van der Waals surface area contributed by atoms with Crippen LogP contribution in [0.3, 0.4) is 0 Å². The number of carbonyl (C=O) groups excluding carboxylic acids is 6. The summed E-state index contributed by atoms with van der Waals surface area (Å²) >= 11 is 0. The van der Waals surface area contributed by atoms with Gasteiger partial charge in [-0.05, 0) is 163 Å². The Morgan fingerprint density at radius 1 is 0.539 bits per heavy atom. The first kappa shape index (κ1) is 73.7. The highest BCUT2D eigenvalue weighted by molar-refractivity contribution is 5.99. The Labute approximate surface area is 508 Å². The number of amides is 3. The molecule has 89 heavy (non-hydrogen) atoms. The van der Waals surface area contributed by atoms with Gasteiger partial charge in [0.1, 0.15) is 26.0 Å². The molecule has 1 unspecified atom stereocenters. The molecule has 18 nitrogen and oxygen atoms in total. The van der Waals surface area contributed by atoms with Gasteiger partial charge >= 0.3 is 0 Å². The molecule has 9 N–H and O–H groups in total. The van der Waals surface area contributed by atoms with Crippen LogP contribution in [0.4, 0.5) is 49.6 Å². The molecule has 4 aromatic rings. The molecule has 0 radical (unpaired) electrons. The Kier molecular flexibility index (Phi) is 30.8. The van der Waals surface area contributed by atoms with E-state index in [2.05, 4.69) is 26.0 Å². The van der Waals surface area contributed by atoms with Gasteiger partial charge in [0, 0.05) is 34.5 Å². The van der Waals surface area contributed by atoms with Crippen molar-refractivity contribution in [1.82, 2.24) is 16.0 Å². The van der Waals surface area contributed by atoms with Crippen LogP contribution < -0.4 is 47.4 Å². The number of nitrogens with two attached hydrogens (primary N) is 3. The molecular weight excluding hydrogens is 1190 g/mol. The zero-order valence-corrected chi connectivity index (χ0v) is 49.6. The number of carbonyl (C=O) groups is 6. The summed E-state index contributed by atoms with van der Waals surface area (Å²) in [7, 11) is 0. The first-order valence-corrected chi connectivity index (χ1v) is 29.1. The van der Waals surface area contributed by atoms with Crippen LogP contribution in [0.2, 0.25) is 0 Å². The summed E-state index contributed by atoms with van der Waals surface area (Å²) in [6.45, 7) is 2.06. The summed E-state index contributed by atoms with van der Waals surface area (Å²) in [5.74, 6) is -18.0. The molecule has 2 aliphatic carbocycles. The lowest BCUT2D eigenvalue weighted by molar-refractivity contribution is -0.131. The van der Waals surface area contributed by atoms with Crippen LogP contribution >= 0.6 is 0 Å². The van der Waals surface area contributed by atoms with Gasteiger partial charge in [-0.1, -0.05) is 42.9 Å². The molecule has 0 aromatic heterocycles. The molecule has 28 heteroatoms. The highest BCUT2D eigenvalue weighted by atomic mass is 19.2. The second kappa shape index (κ2) is 37.2. The quantitative estimate of drug-likeness (QED) is 0.00685. The van der Waals surface area contributed by atoms with Gasteiger partial charge in [-0.25, -0.2) is 30.7 Å². The van der Waals surface area contributed by atoms with E-state index in [1.165, 1.54) is 45.0 Å².